The van der Waals surface area contributed by atoms with Gasteiger partial charge in [0.15, 0.2) is 5.50 Å². The third kappa shape index (κ3) is 4.77. The van der Waals surface area contributed by atoms with Gasteiger partial charge < -0.3 is 15.2 Å². The highest BCUT2D eigenvalue weighted by atomic mass is 35.5. The third-order valence-electron chi connectivity index (χ3n) is 5.53. The summed E-state index contributed by atoms with van der Waals surface area (Å²) in [6.07, 6.45) is 2.85. The number of nitro groups is 1. The summed E-state index contributed by atoms with van der Waals surface area (Å²) in [6.45, 7) is 5.99. The number of hydrogen-bond donors (Lipinski definition) is 2. The highest BCUT2D eigenvalue weighted by Gasteiger charge is 2.27. The molecular weight excluding hydrogens is 460 g/mol. The monoisotopic (exact) mass is 482 g/mol. The summed E-state index contributed by atoms with van der Waals surface area (Å²) < 4.78 is 1.96. The molecule has 0 unspecified atom stereocenters. The smallest absolute Gasteiger partial charge is 0.288 e. The fraction of sp³-hybridized carbons (Fsp3) is 0.208. The molecule has 3 aromatic rings. The van der Waals surface area contributed by atoms with Crippen LogP contribution < -0.4 is 10.6 Å². The number of halogens is 1. The zero-order chi connectivity index (χ0) is 23.7. The topological polar surface area (TPSA) is 89.2 Å². The molecule has 170 valence electrons. The van der Waals surface area contributed by atoms with E-state index in [4.69, 9.17) is 11.6 Å². The fourth-order valence-electron chi connectivity index (χ4n) is 3.81. The van der Waals surface area contributed by atoms with Gasteiger partial charge in [-0.15, -0.1) is 0 Å². The fourth-order valence-corrected chi connectivity index (χ4v) is 5.03. The molecule has 1 atom stereocenters. The predicted molar refractivity (Wildman–Crippen MR) is 134 cm³/mol. The van der Waals surface area contributed by atoms with E-state index >= 15 is 0 Å². The lowest BCUT2D eigenvalue weighted by atomic mass is 10.1. The Hall–Kier alpha value is -3.23. The zero-order valence-corrected chi connectivity index (χ0v) is 20.0. The molecule has 7 nitrogen and oxygen atoms in total. The third-order valence-corrected chi connectivity index (χ3v) is 6.87. The van der Waals surface area contributed by atoms with Crippen LogP contribution in [0.4, 0.5) is 11.4 Å². The number of carbonyl (C=O) groups is 1. The predicted octanol–water partition coefficient (Wildman–Crippen LogP) is 5.82. The van der Waals surface area contributed by atoms with Crippen molar-refractivity contribution in [1.82, 2.24) is 9.88 Å². The molecule has 1 saturated heterocycles. The molecule has 0 radical (unpaired) electrons. The minimum atomic E-state index is -0.504. The van der Waals surface area contributed by atoms with Gasteiger partial charge in [0, 0.05) is 28.8 Å². The van der Waals surface area contributed by atoms with Gasteiger partial charge in [-0.2, -0.15) is 0 Å². The van der Waals surface area contributed by atoms with Crippen molar-refractivity contribution < 1.29 is 9.72 Å². The number of nitrogens with zero attached hydrogens (tertiary/aromatic N) is 2. The second-order valence-corrected chi connectivity index (χ2v) is 9.28. The standard InChI is InChI=1S/C24H23ClN4O3S/c1-4-16-5-7-18(8-6-16)26-24-27-23(30)22(33-24)12-17-11-14(2)28(15(17)3)19-9-10-21(29(31)32)20(25)13-19/h5-13,24,26H,4H2,1-3H3,(H,27,30)/b22-12-/t24-/m0/s1. The summed E-state index contributed by atoms with van der Waals surface area (Å²) in [4.78, 5) is 23.7. The van der Waals surface area contributed by atoms with Crippen molar-refractivity contribution in [2.75, 3.05) is 5.32 Å². The molecule has 2 aromatic carbocycles. The van der Waals surface area contributed by atoms with Gasteiger partial charge in [-0.3, -0.25) is 14.9 Å². The SMILES string of the molecule is CCc1ccc(N[C@H]2NC(=O)/C(=C/c3cc(C)n(-c4ccc([N+](=O)[O-])c(Cl)c4)c3C)S2)cc1. The maximum absolute atomic E-state index is 12.6. The van der Waals surface area contributed by atoms with Gasteiger partial charge in [0.25, 0.3) is 11.6 Å². The molecule has 1 aliphatic rings. The van der Waals surface area contributed by atoms with Crippen LogP contribution in [0.5, 0.6) is 0 Å². The van der Waals surface area contributed by atoms with Crippen LogP contribution in [0.25, 0.3) is 11.8 Å². The van der Waals surface area contributed by atoms with E-state index in [-0.39, 0.29) is 22.1 Å². The number of aromatic nitrogens is 1. The highest BCUT2D eigenvalue weighted by molar-refractivity contribution is 8.05. The first kappa shape index (κ1) is 22.9. The number of carbonyl (C=O) groups excluding carboxylic acids is 1. The molecule has 1 aliphatic heterocycles. The second kappa shape index (κ2) is 9.33. The Morgan fingerprint density at radius 2 is 1.94 bits per heavy atom. The lowest BCUT2D eigenvalue weighted by Crippen LogP contribution is -2.30. The van der Waals surface area contributed by atoms with Crippen molar-refractivity contribution in [3.8, 4) is 5.69 Å². The number of thioether (sulfide) groups is 1. The van der Waals surface area contributed by atoms with E-state index in [1.54, 1.807) is 12.1 Å². The normalized spacial score (nSPS) is 16.8. The molecule has 0 spiro atoms. The van der Waals surface area contributed by atoms with Crippen molar-refractivity contribution in [2.24, 2.45) is 0 Å². The van der Waals surface area contributed by atoms with Crippen LogP contribution in [0.3, 0.4) is 0 Å². The molecule has 1 fully saturated rings. The number of aryl methyl sites for hydroxylation is 2. The summed E-state index contributed by atoms with van der Waals surface area (Å²) >= 11 is 7.54. The highest BCUT2D eigenvalue weighted by Crippen LogP contribution is 2.33. The molecular formula is C24H23ClN4O3S. The second-order valence-electron chi connectivity index (χ2n) is 7.73. The van der Waals surface area contributed by atoms with E-state index in [1.165, 1.54) is 23.4 Å². The van der Waals surface area contributed by atoms with E-state index in [0.717, 1.165) is 34.7 Å². The summed E-state index contributed by atoms with van der Waals surface area (Å²) in [7, 11) is 0. The number of nitro benzene ring substituents is 1. The molecule has 4 rings (SSSR count). The number of hydrogen-bond acceptors (Lipinski definition) is 5. The van der Waals surface area contributed by atoms with Gasteiger partial charge in [-0.25, -0.2) is 0 Å². The van der Waals surface area contributed by atoms with Crippen LogP contribution in [0.1, 0.15) is 29.4 Å². The lowest BCUT2D eigenvalue weighted by molar-refractivity contribution is -0.384. The van der Waals surface area contributed by atoms with Crippen LogP contribution in [0.15, 0.2) is 53.4 Å². The van der Waals surface area contributed by atoms with Crippen LogP contribution in [0, 0.1) is 24.0 Å². The summed E-state index contributed by atoms with van der Waals surface area (Å²) in [5, 5.41) is 17.4. The summed E-state index contributed by atoms with van der Waals surface area (Å²) in [6, 6.07) is 14.8. The molecule has 1 amide bonds. The number of rotatable bonds is 6. The maximum atomic E-state index is 12.6. The summed E-state index contributed by atoms with van der Waals surface area (Å²) in [5.41, 5.74) is 5.27. The van der Waals surface area contributed by atoms with Gasteiger partial charge in [-0.1, -0.05) is 42.4 Å². The summed E-state index contributed by atoms with van der Waals surface area (Å²) in [5.74, 6) is -0.133. The molecule has 2 N–H and O–H groups in total. The number of anilines is 1. The quantitative estimate of drug-likeness (QED) is 0.262. The van der Waals surface area contributed by atoms with E-state index in [0.29, 0.717) is 4.91 Å². The van der Waals surface area contributed by atoms with E-state index in [9.17, 15) is 14.9 Å². The molecule has 9 heteroatoms. The van der Waals surface area contributed by atoms with Crippen molar-refractivity contribution >= 4 is 46.7 Å². The van der Waals surface area contributed by atoms with Crippen molar-refractivity contribution in [1.29, 1.82) is 0 Å². The van der Waals surface area contributed by atoms with E-state index in [2.05, 4.69) is 29.7 Å². The molecule has 33 heavy (non-hydrogen) atoms. The molecule has 1 aromatic heterocycles. The van der Waals surface area contributed by atoms with Crippen molar-refractivity contribution in [3.63, 3.8) is 0 Å². The van der Waals surface area contributed by atoms with Gasteiger partial charge >= 0.3 is 0 Å². The number of nitrogens with one attached hydrogen (secondary N) is 2. The first-order valence-electron chi connectivity index (χ1n) is 10.4. The van der Waals surface area contributed by atoms with Crippen molar-refractivity contribution in [3.05, 3.63) is 91.1 Å². The number of benzene rings is 2. The van der Waals surface area contributed by atoms with Crippen LogP contribution in [-0.4, -0.2) is 20.9 Å². The largest absolute Gasteiger partial charge is 0.357 e. The first-order valence-corrected chi connectivity index (χ1v) is 11.7. The van der Waals surface area contributed by atoms with Gasteiger partial charge in [-0.05, 0) is 67.8 Å². The Labute approximate surface area is 201 Å². The van der Waals surface area contributed by atoms with Crippen LogP contribution in [-0.2, 0) is 11.2 Å². The zero-order valence-electron chi connectivity index (χ0n) is 18.4. The van der Waals surface area contributed by atoms with Gasteiger partial charge in [0.1, 0.15) is 5.02 Å². The average molecular weight is 483 g/mol. The Morgan fingerprint density at radius 3 is 2.58 bits per heavy atom. The Kier molecular flexibility index (Phi) is 6.49. The molecule has 0 saturated carbocycles. The van der Waals surface area contributed by atoms with E-state index < -0.39 is 4.92 Å². The Morgan fingerprint density at radius 1 is 1.21 bits per heavy atom. The molecule has 2 heterocycles. The first-order chi connectivity index (χ1) is 15.8. The van der Waals surface area contributed by atoms with E-state index in [1.807, 2.05) is 42.7 Å². The number of amides is 1. The van der Waals surface area contributed by atoms with Gasteiger partial charge in [0.05, 0.1) is 9.83 Å². The molecule has 0 aliphatic carbocycles. The van der Waals surface area contributed by atoms with Crippen LogP contribution in [0.2, 0.25) is 5.02 Å². The average Bonchev–Trinajstić information content (AvgIpc) is 3.26. The Balaban J connectivity index is 1.56. The van der Waals surface area contributed by atoms with Gasteiger partial charge in [0.2, 0.25) is 0 Å². The molecule has 0 bridgehead atoms. The van der Waals surface area contributed by atoms with Crippen LogP contribution >= 0.6 is 23.4 Å². The maximum Gasteiger partial charge on any atom is 0.288 e. The Bertz CT molecular complexity index is 1270. The minimum Gasteiger partial charge on any atom is -0.357 e. The van der Waals surface area contributed by atoms with Crippen molar-refractivity contribution in [2.45, 2.75) is 32.7 Å². The lowest BCUT2D eigenvalue weighted by Gasteiger charge is -2.12. The minimum absolute atomic E-state index is 0.0801.